The average molecular weight is 280 g/mol. The summed E-state index contributed by atoms with van der Waals surface area (Å²) in [5.74, 6) is -0.102. The number of benzene rings is 1. The minimum atomic E-state index is -0.102. The van der Waals surface area contributed by atoms with Crippen molar-refractivity contribution in [3.05, 3.63) is 29.6 Å². The smallest absolute Gasteiger partial charge is 0.146 e. The highest BCUT2D eigenvalue weighted by atomic mass is 19.1. The summed E-state index contributed by atoms with van der Waals surface area (Å²) in [4.78, 5) is 2.13. The Morgan fingerprint density at radius 1 is 1.35 bits per heavy atom. The van der Waals surface area contributed by atoms with E-state index in [9.17, 15) is 4.39 Å². The lowest BCUT2D eigenvalue weighted by atomic mass is 10.1. The molecule has 1 atom stereocenters. The Morgan fingerprint density at radius 2 is 2.10 bits per heavy atom. The highest BCUT2D eigenvalue weighted by molar-refractivity contribution is 5.50. The van der Waals surface area contributed by atoms with Crippen molar-refractivity contribution in [2.75, 3.05) is 38.3 Å². The van der Waals surface area contributed by atoms with Crippen molar-refractivity contribution in [2.24, 2.45) is 0 Å². The zero-order valence-electron chi connectivity index (χ0n) is 12.5. The summed E-state index contributed by atoms with van der Waals surface area (Å²) in [6.45, 7) is 5.64. The zero-order chi connectivity index (χ0) is 14.4. The quantitative estimate of drug-likeness (QED) is 0.777. The van der Waals surface area contributed by atoms with E-state index in [0.29, 0.717) is 0 Å². The fourth-order valence-electron chi connectivity index (χ4n) is 2.66. The van der Waals surface area contributed by atoms with E-state index in [0.717, 1.165) is 43.9 Å². The number of hydrogen-bond acceptors (Lipinski definition) is 3. The van der Waals surface area contributed by atoms with Crippen LogP contribution in [0.5, 0.6) is 0 Å². The zero-order valence-corrected chi connectivity index (χ0v) is 12.5. The van der Waals surface area contributed by atoms with E-state index >= 15 is 0 Å². The summed E-state index contributed by atoms with van der Waals surface area (Å²) in [5, 5.41) is 3.39. The molecule has 0 amide bonds. The lowest BCUT2D eigenvalue weighted by Gasteiger charge is -2.20. The Bertz CT molecular complexity index is 419. The van der Waals surface area contributed by atoms with Gasteiger partial charge in [0.05, 0.1) is 5.69 Å². The molecule has 0 unspecified atom stereocenters. The third-order valence-electron chi connectivity index (χ3n) is 3.89. The van der Waals surface area contributed by atoms with Crippen LogP contribution < -0.4 is 10.2 Å². The molecule has 0 saturated carbocycles. The van der Waals surface area contributed by atoms with Crippen LogP contribution in [-0.2, 0) is 4.74 Å². The molecule has 1 fully saturated rings. The van der Waals surface area contributed by atoms with Crippen LogP contribution in [0, 0.1) is 5.82 Å². The number of methoxy groups -OCH3 is 1. The van der Waals surface area contributed by atoms with Crippen LogP contribution in [0.15, 0.2) is 18.2 Å². The Morgan fingerprint density at radius 3 is 2.75 bits per heavy atom. The molecule has 1 aromatic rings. The fourth-order valence-corrected chi connectivity index (χ4v) is 2.66. The second kappa shape index (κ2) is 7.60. The summed E-state index contributed by atoms with van der Waals surface area (Å²) < 4.78 is 19.2. The van der Waals surface area contributed by atoms with Crippen LogP contribution in [0.3, 0.4) is 0 Å². The predicted octanol–water partition coefficient (Wildman–Crippen LogP) is 3.11. The molecule has 0 aliphatic carbocycles. The highest BCUT2D eigenvalue weighted by Crippen LogP contribution is 2.26. The highest BCUT2D eigenvalue weighted by Gasteiger charge is 2.17. The topological polar surface area (TPSA) is 24.5 Å². The van der Waals surface area contributed by atoms with E-state index in [-0.39, 0.29) is 11.9 Å². The molecule has 0 radical (unpaired) electrons. The largest absolute Gasteiger partial charge is 0.385 e. The number of nitrogens with zero attached hydrogens (tertiary/aromatic N) is 1. The van der Waals surface area contributed by atoms with Crippen molar-refractivity contribution in [2.45, 2.75) is 32.2 Å². The van der Waals surface area contributed by atoms with Crippen LogP contribution in [-0.4, -0.2) is 33.4 Å². The summed E-state index contributed by atoms with van der Waals surface area (Å²) in [5.41, 5.74) is 1.75. The minimum absolute atomic E-state index is 0.102. The van der Waals surface area contributed by atoms with Gasteiger partial charge < -0.3 is 15.0 Å². The first-order valence-electron chi connectivity index (χ1n) is 7.49. The monoisotopic (exact) mass is 280 g/mol. The molecule has 1 aliphatic rings. The number of ether oxygens (including phenoxy) is 1. The third kappa shape index (κ3) is 3.93. The van der Waals surface area contributed by atoms with Crippen molar-refractivity contribution in [1.82, 2.24) is 5.32 Å². The van der Waals surface area contributed by atoms with Gasteiger partial charge >= 0.3 is 0 Å². The number of rotatable bonds is 7. The van der Waals surface area contributed by atoms with Gasteiger partial charge in [-0.2, -0.15) is 0 Å². The summed E-state index contributed by atoms with van der Waals surface area (Å²) in [6.07, 6.45) is 3.30. The van der Waals surface area contributed by atoms with Gasteiger partial charge in [0, 0.05) is 32.8 Å². The number of halogens is 1. The third-order valence-corrected chi connectivity index (χ3v) is 3.89. The molecule has 1 heterocycles. The maximum Gasteiger partial charge on any atom is 0.146 e. The van der Waals surface area contributed by atoms with Crippen molar-refractivity contribution in [3.8, 4) is 0 Å². The Hall–Kier alpha value is -1.13. The molecule has 3 nitrogen and oxygen atoms in total. The summed E-state index contributed by atoms with van der Waals surface area (Å²) >= 11 is 0. The van der Waals surface area contributed by atoms with Gasteiger partial charge in [0.25, 0.3) is 0 Å². The van der Waals surface area contributed by atoms with Crippen LogP contribution in [0.2, 0.25) is 0 Å². The molecule has 0 bridgehead atoms. The Labute approximate surface area is 121 Å². The summed E-state index contributed by atoms with van der Waals surface area (Å²) in [6, 6.07) is 5.78. The van der Waals surface area contributed by atoms with E-state index < -0.39 is 0 Å². The van der Waals surface area contributed by atoms with Gasteiger partial charge in [0.1, 0.15) is 5.82 Å². The molecule has 1 saturated heterocycles. The maximum absolute atomic E-state index is 14.2. The standard InChI is InChI=1S/C16H25FN2O/c1-13(18-8-5-11-20-2)14-6-7-16(15(17)12-14)19-9-3-4-10-19/h6-7,12-13,18H,3-5,8-11H2,1-2H3/t13-/m0/s1. The second-order valence-electron chi connectivity index (χ2n) is 5.43. The van der Waals surface area contributed by atoms with Gasteiger partial charge in [-0.15, -0.1) is 0 Å². The molecule has 0 spiro atoms. The predicted molar refractivity (Wildman–Crippen MR) is 80.8 cm³/mol. The van der Waals surface area contributed by atoms with E-state index in [1.165, 1.54) is 12.8 Å². The summed E-state index contributed by atoms with van der Waals surface area (Å²) in [7, 11) is 1.70. The first kappa shape index (κ1) is 15.3. The van der Waals surface area contributed by atoms with Crippen molar-refractivity contribution in [3.63, 3.8) is 0 Å². The van der Waals surface area contributed by atoms with Gasteiger partial charge in [-0.05, 0) is 50.4 Å². The number of nitrogens with one attached hydrogen (secondary N) is 1. The van der Waals surface area contributed by atoms with Gasteiger partial charge in [-0.1, -0.05) is 6.07 Å². The van der Waals surface area contributed by atoms with Crippen LogP contribution >= 0.6 is 0 Å². The number of anilines is 1. The van der Waals surface area contributed by atoms with Crippen molar-refractivity contribution >= 4 is 5.69 Å². The molecule has 1 aromatic carbocycles. The Balaban J connectivity index is 1.93. The van der Waals surface area contributed by atoms with Gasteiger partial charge in [0.2, 0.25) is 0 Å². The Kier molecular flexibility index (Phi) is 5.80. The SMILES string of the molecule is COCCCN[C@@H](C)c1ccc(N2CCCC2)c(F)c1. The molecule has 112 valence electrons. The number of hydrogen-bond donors (Lipinski definition) is 1. The molecule has 20 heavy (non-hydrogen) atoms. The van der Waals surface area contributed by atoms with Gasteiger partial charge in [-0.25, -0.2) is 4.39 Å². The van der Waals surface area contributed by atoms with E-state index in [2.05, 4.69) is 17.1 Å². The molecule has 0 aromatic heterocycles. The van der Waals surface area contributed by atoms with E-state index in [4.69, 9.17) is 4.74 Å². The molecule has 1 N–H and O–H groups in total. The molecule has 4 heteroatoms. The van der Waals surface area contributed by atoms with E-state index in [1.807, 2.05) is 12.1 Å². The van der Waals surface area contributed by atoms with Crippen LogP contribution in [0.4, 0.5) is 10.1 Å². The second-order valence-corrected chi connectivity index (χ2v) is 5.43. The maximum atomic E-state index is 14.2. The van der Waals surface area contributed by atoms with E-state index in [1.54, 1.807) is 13.2 Å². The molecular formula is C16H25FN2O. The fraction of sp³-hybridized carbons (Fsp3) is 0.625. The molecule has 2 rings (SSSR count). The molecule has 1 aliphatic heterocycles. The molecular weight excluding hydrogens is 255 g/mol. The van der Waals surface area contributed by atoms with Crippen LogP contribution in [0.25, 0.3) is 0 Å². The van der Waals surface area contributed by atoms with Crippen molar-refractivity contribution < 1.29 is 9.13 Å². The van der Waals surface area contributed by atoms with Crippen LogP contribution in [0.1, 0.15) is 37.8 Å². The first-order chi connectivity index (χ1) is 9.72. The van der Waals surface area contributed by atoms with Gasteiger partial charge in [0.15, 0.2) is 0 Å². The minimum Gasteiger partial charge on any atom is -0.385 e. The first-order valence-corrected chi connectivity index (χ1v) is 7.49. The lowest BCUT2D eigenvalue weighted by Crippen LogP contribution is -2.22. The normalized spacial score (nSPS) is 16.6. The van der Waals surface area contributed by atoms with Crippen molar-refractivity contribution in [1.29, 1.82) is 0 Å². The van der Waals surface area contributed by atoms with Gasteiger partial charge in [-0.3, -0.25) is 0 Å². The average Bonchev–Trinajstić information content (AvgIpc) is 2.97. The lowest BCUT2D eigenvalue weighted by molar-refractivity contribution is 0.193.